The molecule has 0 radical (unpaired) electrons. The number of rotatable bonds is 2. The Morgan fingerprint density at radius 1 is 1.35 bits per heavy atom. The third-order valence-electron chi connectivity index (χ3n) is 2.93. The molecule has 1 aliphatic heterocycles. The SMILES string of the molecule is CC1=CC(C)(C)NC(=S)N1c1cccc(S(=O)(=O)O)c1. The molecule has 0 fully saturated rings. The van der Waals surface area contributed by atoms with Crippen LogP contribution >= 0.6 is 12.2 Å². The molecule has 2 N–H and O–H groups in total. The molecule has 0 saturated carbocycles. The van der Waals surface area contributed by atoms with E-state index in [1.54, 1.807) is 17.0 Å². The first-order valence-corrected chi connectivity index (χ1v) is 7.84. The lowest BCUT2D eigenvalue weighted by Crippen LogP contribution is -2.53. The average molecular weight is 312 g/mol. The van der Waals surface area contributed by atoms with Crippen LogP contribution in [-0.4, -0.2) is 23.6 Å². The summed E-state index contributed by atoms with van der Waals surface area (Å²) in [6.45, 7) is 5.89. The van der Waals surface area contributed by atoms with Gasteiger partial charge in [-0.2, -0.15) is 8.42 Å². The Bertz CT molecular complexity index is 693. The maximum absolute atomic E-state index is 11.2. The van der Waals surface area contributed by atoms with E-state index in [1.807, 2.05) is 26.8 Å². The molecule has 5 nitrogen and oxygen atoms in total. The van der Waals surface area contributed by atoms with Gasteiger partial charge in [-0.15, -0.1) is 0 Å². The van der Waals surface area contributed by atoms with Crippen molar-refractivity contribution >= 4 is 33.1 Å². The first-order chi connectivity index (χ1) is 9.10. The fourth-order valence-electron chi connectivity index (χ4n) is 2.22. The summed E-state index contributed by atoms with van der Waals surface area (Å²) in [5.41, 5.74) is 1.23. The first kappa shape index (κ1) is 15.0. The normalized spacial score (nSPS) is 18.5. The van der Waals surface area contributed by atoms with Gasteiger partial charge in [0.05, 0.1) is 10.4 Å². The van der Waals surface area contributed by atoms with Crippen LogP contribution in [0.1, 0.15) is 20.8 Å². The monoisotopic (exact) mass is 312 g/mol. The molecular weight excluding hydrogens is 296 g/mol. The van der Waals surface area contributed by atoms with Crippen molar-refractivity contribution in [1.82, 2.24) is 5.32 Å². The van der Waals surface area contributed by atoms with Crippen LogP contribution in [0.2, 0.25) is 0 Å². The molecule has 20 heavy (non-hydrogen) atoms. The molecule has 0 atom stereocenters. The van der Waals surface area contributed by atoms with Gasteiger partial charge in [0.1, 0.15) is 0 Å². The van der Waals surface area contributed by atoms with Gasteiger partial charge in [0, 0.05) is 11.4 Å². The summed E-state index contributed by atoms with van der Waals surface area (Å²) in [6.07, 6.45) is 2.00. The maximum Gasteiger partial charge on any atom is 0.294 e. The summed E-state index contributed by atoms with van der Waals surface area (Å²) < 4.78 is 31.5. The minimum atomic E-state index is -4.23. The lowest BCUT2D eigenvalue weighted by molar-refractivity contribution is 0.483. The zero-order valence-electron chi connectivity index (χ0n) is 11.4. The summed E-state index contributed by atoms with van der Waals surface area (Å²) in [4.78, 5) is 1.57. The molecule has 1 heterocycles. The van der Waals surface area contributed by atoms with Gasteiger partial charge < -0.3 is 5.32 Å². The fraction of sp³-hybridized carbons (Fsp3) is 0.308. The van der Waals surface area contributed by atoms with Crippen LogP contribution in [0, 0.1) is 0 Å². The highest BCUT2D eigenvalue weighted by Crippen LogP contribution is 2.27. The van der Waals surface area contributed by atoms with E-state index in [9.17, 15) is 8.42 Å². The van der Waals surface area contributed by atoms with Gasteiger partial charge in [0.25, 0.3) is 10.1 Å². The molecule has 1 aromatic carbocycles. The van der Waals surface area contributed by atoms with Crippen molar-refractivity contribution in [3.05, 3.63) is 36.0 Å². The predicted molar refractivity (Wildman–Crippen MR) is 82.3 cm³/mol. The lowest BCUT2D eigenvalue weighted by atomic mass is 10.0. The Balaban J connectivity index is 2.50. The van der Waals surface area contributed by atoms with E-state index in [0.29, 0.717) is 10.8 Å². The lowest BCUT2D eigenvalue weighted by Gasteiger charge is -2.38. The van der Waals surface area contributed by atoms with E-state index in [2.05, 4.69) is 5.32 Å². The molecule has 0 aliphatic carbocycles. The van der Waals surface area contributed by atoms with Gasteiger partial charge in [0.15, 0.2) is 5.11 Å². The number of benzene rings is 1. The number of hydrogen-bond acceptors (Lipinski definition) is 3. The smallest absolute Gasteiger partial charge is 0.294 e. The number of nitrogens with one attached hydrogen (secondary N) is 1. The van der Waals surface area contributed by atoms with Crippen molar-refractivity contribution < 1.29 is 13.0 Å². The van der Waals surface area contributed by atoms with E-state index < -0.39 is 10.1 Å². The van der Waals surface area contributed by atoms with Crippen molar-refractivity contribution in [3.8, 4) is 0 Å². The van der Waals surface area contributed by atoms with Gasteiger partial charge in [-0.1, -0.05) is 6.07 Å². The molecule has 0 unspecified atom stereocenters. The van der Waals surface area contributed by atoms with Crippen LogP contribution in [-0.2, 0) is 10.1 Å². The zero-order valence-corrected chi connectivity index (χ0v) is 13.0. The number of nitrogens with zero attached hydrogens (tertiary/aromatic N) is 1. The molecule has 1 aliphatic rings. The van der Waals surface area contributed by atoms with Crippen LogP contribution in [0.3, 0.4) is 0 Å². The summed E-state index contributed by atoms with van der Waals surface area (Å²) in [6, 6.07) is 6.02. The van der Waals surface area contributed by atoms with Crippen molar-refractivity contribution in [2.24, 2.45) is 0 Å². The molecule has 0 bridgehead atoms. The molecule has 108 valence electrons. The van der Waals surface area contributed by atoms with Crippen molar-refractivity contribution in [2.45, 2.75) is 31.2 Å². The first-order valence-electron chi connectivity index (χ1n) is 5.99. The molecule has 7 heteroatoms. The number of allylic oxidation sites excluding steroid dienone is 1. The van der Waals surface area contributed by atoms with Crippen LogP contribution < -0.4 is 10.2 Å². The standard InChI is InChI=1S/C13H16N2O3S2/c1-9-8-13(2,3)14-12(19)15(9)10-5-4-6-11(7-10)20(16,17)18/h4-8H,1-3H3,(H,14,19)(H,16,17,18). The minimum Gasteiger partial charge on any atom is -0.354 e. The Morgan fingerprint density at radius 2 is 2.00 bits per heavy atom. The van der Waals surface area contributed by atoms with Gasteiger partial charge in [-0.05, 0) is 57.3 Å². The Labute approximate surface area is 124 Å². The summed E-state index contributed by atoms with van der Waals surface area (Å²) in [7, 11) is -4.23. The molecule has 0 amide bonds. The number of hydrogen-bond donors (Lipinski definition) is 2. The predicted octanol–water partition coefficient (Wildman–Crippen LogP) is 2.31. The second-order valence-electron chi connectivity index (χ2n) is 5.25. The van der Waals surface area contributed by atoms with E-state index >= 15 is 0 Å². The number of thiocarbonyl (C=S) groups is 1. The van der Waals surface area contributed by atoms with E-state index in [-0.39, 0.29) is 10.4 Å². The third kappa shape index (κ3) is 3.00. The van der Waals surface area contributed by atoms with Crippen molar-refractivity contribution in [1.29, 1.82) is 0 Å². The van der Waals surface area contributed by atoms with Gasteiger partial charge >= 0.3 is 0 Å². The summed E-state index contributed by atoms with van der Waals surface area (Å²) in [5.74, 6) is 0. The van der Waals surface area contributed by atoms with E-state index in [4.69, 9.17) is 16.8 Å². The summed E-state index contributed by atoms with van der Waals surface area (Å²) >= 11 is 5.33. The van der Waals surface area contributed by atoms with E-state index in [0.717, 1.165) is 5.70 Å². The van der Waals surface area contributed by atoms with E-state index in [1.165, 1.54) is 12.1 Å². The second kappa shape index (κ2) is 4.83. The molecule has 0 aromatic heterocycles. The topological polar surface area (TPSA) is 69.6 Å². The molecule has 1 aromatic rings. The second-order valence-corrected chi connectivity index (χ2v) is 7.05. The summed E-state index contributed by atoms with van der Waals surface area (Å²) in [5, 5.41) is 3.65. The molecule has 2 rings (SSSR count). The Hall–Kier alpha value is -1.44. The molecule has 0 spiro atoms. The van der Waals surface area contributed by atoms with Gasteiger partial charge in [-0.3, -0.25) is 9.45 Å². The fourth-order valence-corrected chi connectivity index (χ4v) is 3.25. The Morgan fingerprint density at radius 3 is 2.55 bits per heavy atom. The molecular formula is C13H16N2O3S2. The average Bonchev–Trinajstić information content (AvgIpc) is 2.25. The van der Waals surface area contributed by atoms with Crippen LogP contribution in [0.4, 0.5) is 5.69 Å². The highest BCUT2D eigenvalue weighted by molar-refractivity contribution is 7.85. The molecule has 0 saturated heterocycles. The van der Waals surface area contributed by atoms with Crippen LogP contribution in [0.5, 0.6) is 0 Å². The van der Waals surface area contributed by atoms with Gasteiger partial charge in [0.2, 0.25) is 0 Å². The van der Waals surface area contributed by atoms with Crippen molar-refractivity contribution in [2.75, 3.05) is 4.90 Å². The maximum atomic E-state index is 11.2. The Kier molecular flexibility index (Phi) is 3.62. The van der Waals surface area contributed by atoms with Crippen molar-refractivity contribution in [3.63, 3.8) is 0 Å². The van der Waals surface area contributed by atoms with Crippen LogP contribution in [0.15, 0.2) is 40.9 Å². The minimum absolute atomic E-state index is 0.157. The largest absolute Gasteiger partial charge is 0.354 e. The van der Waals surface area contributed by atoms with Crippen LogP contribution in [0.25, 0.3) is 0 Å². The van der Waals surface area contributed by atoms with Gasteiger partial charge in [-0.25, -0.2) is 0 Å². The third-order valence-corrected chi connectivity index (χ3v) is 4.06. The highest BCUT2D eigenvalue weighted by Gasteiger charge is 2.28. The number of anilines is 1. The quantitative estimate of drug-likeness (QED) is 0.645. The zero-order chi connectivity index (χ0) is 15.1. The highest BCUT2D eigenvalue weighted by atomic mass is 32.2.